The Labute approximate surface area is 183 Å². The molecule has 0 aliphatic heterocycles. The average molecular weight is 427 g/mol. The van der Waals surface area contributed by atoms with E-state index in [-0.39, 0.29) is 17.5 Å². The van der Waals surface area contributed by atoms with Crippen molar-refractivity contribution < 1.29 is 14.0 Å². The molecule has 1 aromatic carbocycles. The Bertz CT molecular complexity index is 1290. The molecule has 2 N–H and O–H groups in total. The van der Waals surface area contributed by atoms with Crippen molar-refractivity contribution in [3.05, 3.63) is 96.3 Å². The number of Topliss-reactive ketones (excluding diaryl/α,β-unsaturated/α-hetero) is 1. The summed E-state index contributed by atoms with van der Waals surface area (Å²) in [4.78, 5) is 36.6. The standard InChI is InChI=1S/C24H18FN5O2/c1-15(31)17-6-7-22(28-13-17)30-23-11-16(8-9-27-23)24(32)29-19-10-18(12-26-14-19)20-4-2-3-5-21(20)25/h2-14H,1H3,(H,29,32)(H,27,28,30). The van der Waals surface area contributed by atoms with E-state index in [2.05, 4.69) is 25.6 Å². The van der Waals surface area contributed by atoms with Crippen molar-refractivity contribution in [3.8, 4) is 11.1 Å². The molecule has 0 atom stereocenters. The normalized spacial score (nSPS) is 10.4. The quantitative estimate of drug-likeness (QED) is 0.426. The van der Waals surface area contributed by atoms with E-state index in [4.69, 9.17) is 0 Å². The molecule has 0 saturated heterocycles. The molecule has 3 heterocycles. The number of nitrogens with zero attached hydrogens (tertiary/aromatic N) is 3. The number of nitrogens with one attached hydrogen (secondary N) is 2. The van der Waals surface area contributed by atoms with Gasteiger partial charge in [-0.25, -0.2) is 14.4 Å². The van der Waals surface area contributed by atoms with E-state index in [1.165, 1.54) is 37.8 Å². The molecule has 32 heavy (non-hydrogen) atoms. The van der Waals surface area contributed by atoms with Crippen molar-refractivity contribution in [1.29, 1.82) is 0 Å². The molecular formula is C24H18FN5O2. The van der Waals surface area contributed by atoms with E-state index >= 15 is 0 Å². The van der Waals surface area contributed by atoms with E-state index in [0.29, 0.717) is 39.6 Å². The van der Waals surface area contributed by atoms with Gasteiger partial charge >= 0.3 is 0 Å². The Hall–Kier alpha value is -4.46. The second-order valence-corrected chi connectivity index (χ2v) is 6.94. The molecular weight excluding hydrogens is 409 g/mol. The van der Waals surface area contributed by atoms with Crippen LogP contribution in [-0.2, 0) is 0 Å². The van der Waals surface area contributed by atoms with Gasteiger partial charge in [-0.2, -0.15) is 0 Å². The first-order chi connectivity index (χ1) is 15.5. The third kappa shape index (κ3) is 4.81. The topological polar surface area (TPSA) is 96.9 Å². The largest absolute Gasteiger partial charge is 0.325 e. The van der Waals surface area contributed by atoms with Crippen LogP contribution in [-0.4, -0.2) is 26.6 Å². The molecule has 3 aromatic heterocycles. The predicted molar refractivity (Wildman–Crippen MR) is 119 cm³/mol. The van der Waals surface area contributed by atoms with E-state index in [1.54, 1.807) is 48.5 Å². The van der Waals surface area contributed by atoms with Crippen LogP contribution in [0.25, 0.3) is 11.1 Å². The van der Waals surface area contributed by atoms with Gasteiger partial charge in [-0.3, -0.25) is 14.6 Å². The van der Waals surface area contributed by atoms with E-state index in [0.717, 1.165) is 0 Å². The minimum absolute atomic E-state index is 0.0746. The van der Waals surface area contributed by atoms with Crippen molar-refractivity contribution in [1.82, 2.24) is 15.0 Å². The zero-order chi connectivity index (χ0) is 22.5. The zero-order valence-corrected chi connectivity index (χ0v) is 17.0. The van der Waals surface area contributed by atoms with Gasteiger partial charge in [0.05, 0.1) is 11.9 Å². The molecule has 1 amide bonds. The molecule has 0 bridgehead atoms. The Balaban J connectivity index is 1.49. The number of carbonyl (C=O) groups excluding carboxylic acids is 2. The number of benzene rings is 1. The van der Waals surface area contributed by atoms with Crippen LogP contribution in [0.1, 0.15) is 27.6 Å². The van der Waals surface area contributed by atoms with Crippen LogP contribution in [0.4, 0.5) is 21.7 Å². The van der Waals surface area contributed by atoms with E-state index in [9.17, 15) is 14.0 Å². The second-order valence-electron chi connectivity index (χ2n) is 6.94. The van der Waals surface area contributed by atoms with E-state index in [1.807, 2.05) is 0 Å². The van der Waals surface area contributed by atoms with Crippen molar-refractivity contribution in [2.24, 2.45) is 0 Å². The van der Waals surface area contributed by atoms with Crippen LogP contribution >= 0.6 is 0 Å². The Morgan fingerprint density at radius 1 is 0.875 bits per heavy atom. The molecule has 0 saturated carbocycles. The van der Waals surface area contributed by atoms with Gasteiger partial charge in [0.25, 0.3) is 5.91 Å². The maximum atomic E-state index is 14.1. The first-order valence-electron chi connectivity index (χ1n) is 9.71. The molecule has 0 aliphatic rings. The zero-order valence-electron chi connectivity index (χ0n) is 17.0. The fraction of sp³-hybridized carbons (Fsp3) is 0.0417. The summed E-state index contributed by atoms with van der Waals surface area (Å²) in [6.45, 7) is 1.47. The van der Waals surface area contributed by atoms with Gasteiger partial charge in [0.1, 0.15) is 17.5 Å². The first kappa shape index (κ1) is 20.8. The van der Waals surface area contributed by atoms with Crippen molar-refractivity contribution >= 4 is 29.0 Å². The van der Waals surface area contributed by atoms with Crippen LogP contribution in [0.3, 0.4) is 0 Å². The number of hydrogen-bond donors (Lipinski definition) is 2. The highest BCUT2D eigenvalue weighted by molar-refractivity contribution is 6.04. The minimum atomic E-state index is -0.372. The smallest absolute Gasteiger partial charge is 0.255 e. The molecule has 8 heteroatoms. The van der Waals surface area contributed by atoms with Gasteiger partial charge in [-0.05, 0) is 43.3 Å². The van der Waals surface area contributed by atoms with E-state index < -0.39 is 0 Å². The van der Waals surface area contributed by atoms with Crippen LogP contribution in [0.5, 0.6) is 0 Å². The molecule has 0 radical (unpaired) electrons. The highest BCUT2D eigenvalue weighted by atomic mass is 19.1. The fourth-order valence-corrected chi connectivity index (χ4v) is 3.00. The highest BCUT2D eigenvalue weighted by Gasteiger charge is 2.11. The second kappa shape index (κ2) is 9.13. The summed E-state index contributed by atoms with van der Waals surface area (Å²) >= 11 is 0. The maximum Gasteiger partial charge on any atom is 0.255 e. The van der Waals surface area contributed by atoms with Gasteiger partial charge in [-0.15, -0.1) is 0 Å². The number of pyridine rings is 3. The lowest BCUT2D eigenvalue weighted by Crippen LogP contribution is -2.12. The molecule has 158 valence electrons. The molecule has 4 rings (SSSR count). The molecule has 0 unspecified atom stereocenters. The number of aromatic nitrogens is 3. The molecule has 4 aromatic rings. The number of carbonyl (C=O) groups is 2. The number of rotatable bonds is 6. The summed E-state index contributed by atoms with van der Waals surface area (Å²) in [5, 5.41) is 5.76. The van der Waals surface area contributed by atoms with Crippen molar-refractivity contribution in [2.75, 3.05) is 10.6 Å². The van der Waals surface area contributed by atoms with Crippen LogP contribution in [0, 0.1) is 5.82 Å². The predicted octanol–water partition coefficient (Wildman–Crippen LogP) is 4.88. The number of halogens is 1. The summed E-state index contributed by atoms with van der Waals surface area (Å²) in [5.41, 5.74) is 2.25. The third-order valence-electron chi connectivity index (χ3n) is 4.63. The summed E-state index contributed by atoms with van der Waals surface area (Å²) in [6.07, 6.45) is 5.99. The average Bonchev–Trinajstić information content (AvgIpc) is 2.80. The van der Waals surface area contributed by atoms with Crippen LogP contribution in [0.2, 0.25) is 0 Å². The third-order valence-corrected chi connectivity index (χ3v) is 4.63. The molecule has 7 nitrogen and oxygen atoms in total. The van der Waals surface area contributed by atoms with Crippen molar-refractivity contribution in [3.63, 3.8) is 0 Å². The SMILES string of the molecule is CC(=O)c1ccc(Nc2cc(C(=O)Nc3cncc(-c4ccccc4F)c3)ccn2)nc1. The number of anilines is 3. The summed E-state index contributed by atoms with van der Waals surface area (Å²) in [5.74, 6) is 0.0885. The van der Waals surface area contributed by atoms with Gasteiger partial charge in [0.15, 0.2) is 5.78 Å². The summed E-state index contributed by atoms with van der Waals surface area (Å²) < 4.78 is 14.1. The van der Waals surface area contributed by atoms with Gasteiger partial charge < -0.3 is 10.6 Å². The maximum absolute atomic E-state index is 14.1. The summed E-state index contributed by atoms with van der Waals surface area (Å²) in [7, 11) is 0. The Morgan fingerprint density at radius 2 is 1.72 bits per heavy atom. The monoisotopic (exact) mass is 427 g/mol. The van der Waals surface area contributed by atoms with Crippen LogP contribution < -0.4 is 10.6 Å². The Kier molecular flexibility index (Phi) is 5.94. The molecule has 0 aliphatic carbocycles. The number of hydrogen-bond acceptors (Lipinski definition) is 6. The van der Waals surface area contributed by atoms with Gasteiger partial charge in [-0.1, -0.05) is 18.2 Å². The summed E-state index contributed by atoms with van der Waals surface area (Å²) in [6, 6.07) is 14.5. The minimum Gasteiger partial charge on any atom is -0.325 e. The highest BCUT2D eigenvalue weighted by Crippen LogP contribution is 2.24. The fourth-order valence-electron chi connectivity index (χ4n) is 3.00. The lowest BCUT2D eigenvalue weighted by Gasteiger charge is -2.09. The Morgan fingerprint density at radius 3 is 2.47 bits per heavy atom. The number of ketones is 1. The molecule has 0 spiro atoms. The first-order valence-corrected chi connectivity index (χ1v) is 9.71. The number of amides is 1. The lowest BCUT2D eigenvalue weighted by molar-refractivity contribution is 0.101. The lowest BCUT2D eigenvalue weighted by atomic mass is 10.1. The van der Waals surface area contributed by atoms with Crippen molar-refractivity contribution in [2.45, 2.75) is 6.92 Å². The molecule has 0 fully saturated rings. The van der Waals surface area contributed by atoms with Crippen LogP contribution in [0.15, 0.2) is 79.4 Å². The van der Waals surface area contributed by atoms with Gasteiger partial charge in [0, 0.05) is 40.8 Å². The van der Waals surface area contributed by atoms with Gasteiger partial charge in [0.2, 0.25) is 0 Å².